The van der Waals surface area contributed by atoms with E-state index in [1.54, 1.807) is 24.3 Å². The maximum atomic E-state index is 12.6. The number of allylic oxidation sites excluding steroid dienone is 1. The van der Waals surface area contributed by atoms with Gasteiger partial charge < -0.3 is 14.6 Å². The van der Waals surface area contributed by atoms with E-state index in [2.05, 4.69) is 0 Å². The van der Waals surface area contributed by atoms with Gasteiger partial charge in [0.2, 0.25) is 0 Å². The number of aromatic nitrogens is 1. The summed E-state index contributed by atoms with van der Waals surface area (Å²) < 4.78 is 6.62. The number of carbonyl (C=O) groups excluding carboxylic acids is 2. The van der Waals surface area contributed by atoms with Gasteiger partial charge in [-0.05, 0) is 35.4 Å². The molecule has 0 saturated carbocycles. The fourth-order valence-electron chi connectivity index (χ4n) is 2.69. The number of aliphatic carboxylic acids is 1. The van der Waals surface area contributed by atoms with E-state index in [4.69, 9.17) is 4.74 Å². The minimum atomic E-state index is -1.20. The number of methoxy groups -OCH3 is 1. The van der Waals surface area contributed by atoms with Crippen LogP contribution in [0.4, 0.5) is 0 Å². The van der Waals surface area contributed by atoms with Gasteiger partial charge in [-0.1, -0.05) is 30.3 Å². The second kappa shape index (κ2) is 9.30. The van der Waals surface area contributed by atoms with E-state index in [-0.39, 0.29) is 63.7 Å². The van der Waals surface area contributed by atoms with E-state index in [0.717, 1.165) is 5.56 Å². The van der Waals surface area contributed by atoms with Gasteiger partial charge in [-0.25, -0.2) is 0 Å². The number of nitrogens with zero attached hydrogens (tertiary/aromatic N) is 1. The average Bonchev–Trinajstić information content (AvgIpc) is 2.97. The number of carboxylic acids is 1. The molecule has 0 atom stereocenters. The second-order valence-corrected chi connectivity index (χ2v) is 5.54. The SMILES string of the molecule is COc1ccc2c(c1)c(CC(=O)[O-])cn2C(=O)C=Cc1ccccc1.[K+]. The number of fused-ring (bicyclic) bond motifs is 1. The number of ether oxygens (including phenoxy) is 1. The summed E-state index contributed by atoms with van der Waals surface area (Å²) in [5.74, 6) is -0.866. The van der Waals surface area contributed by atoms with Crippen molar-refractivity contribution < 1.29 is 70.8 Å². The molecule has 0 aliphatic carbocycles. The van der Waals surface area contributed by atoms with E-state index in [0.29, 0.717) is 22.2 Å². The smallest absolute Gasteiger partial charge is 0.550 e. The predicted octanol–water partition coefficient (Wildman–Crippen LogP) is -0.700. The van der Waals surface area contributed by atoms with E-state index >= 15 is 0 Å². The van der Waals surface area contributed by atoms with Gasteiger partial charge in [-0.15, -0.1) is 0 Å². The minimum Gasteiger partial charge on any atom is -0.550 e. The standard InChI is InChI=1S/C20H17NO4.K/c1-25-16-8-9-18-17(12-16)15(11-20(23)24)13-21(18)19(22)10-7-14-5-3-2-4-6-14;/h2-10,12-13H,11H2,1H3,(H,23,24);/q;+1/p-1. The summed E-state index contributed by atoms with van der Waals surface area (Å²) in [5.41, 5.74) is 2.04. The molecular weight excluding hydrogens is 357 g/mol. The normalized spacial score (nSPS) is 10.7. The van der Waals surface area contributed by atoms with Crippen molar-refractivity contribution in [2.45, 2.75) is 6.42 Å². The van der Waals surface area contributed by atoms with Gasteiger partial charge in [0.05, 0.1) is 12.6 Å². The molecule has 26 heavy (non-hydrogen) atoms. The molecule has 0 spiro atoms. The van der Waals surface area contributed by atoms with Crippen molar-refractivity contribution in [3.63, 3.8) is 0 Å². The Bertz CT molecular complexity index is 961. The van der Waals surface area contributed by atoms with Crippen molar-refractivity contribution in [2.24, 2.45) is 0 Å². The van der Waals surface area contributed by atoms with E-state index in [9.17, 15) is 14.7 Å². The maximum absolute atomic E-state index is 12.6. The number of carboxylic acid groups (broad SMARTS) is 1. The van der Waals surface area contributed by atoms with E-state index in [1.165, 1.54) is 23.9 Å². The molecule has 0 radical (unpaired) electrons. The van der Waals surface area contributed by atoms with Crippen molar-refractivity contribution in [2.75, 3.05) is 7.11 Å². The third-order valence-electron chi connectivity index (χ3n) is 3.88. The van der Waals surface area contributed by atoms with Crippen LogP contribution in [0.25, 0.3) is 17.0 Å². The molecule has 6 heteroatoms. The molecule has 3 aromatic rings. The van der Waals surface area contributed by atoms with E-state index < -0.39 is 5.97 Å². The van der Waals surface area contributed by atoms with Crippen LogP contribution < -0.4 is 61.2 Å². The number of hydrogen-bond donors (Lipinski definition) is 0. The molecular formula is C20H16KNO4. The van der Waals surface area contributed by atoms with Gasteiger partial charge in [0, 0.05) is 30.0 Å². The van der Waals surface area contributed by atoms with Crippen LogP contribution in [0.3, 0.4) is 0 Å². The quantitative estimate of drug-likeness (QED) is 0.438. The largest absolute Gasteiger partial charge is 1.00 e. The molecule has 0 aliphatic rings. The predicted molar refractivity (Wildman–Crippen MR) is 93.3 cm³/mol. The van der Waals surface area contributed by atoms with Crippen molar-refractivity contribution in [3.05, 3.63) is 71.9 Å². The fraction of sp³-hybridized carbons (Fsp3) is 0.100. The number of carbonyl (C=O) groups is 2. The molecule has 2 aromatic carbocycles. The molecule has 0 amide bonds. The Morgan fingerprint density at radius 2 is 1.88 bits per heavy atom. The molecule has 0 saturated heterocycles. The first-order valence-electron chi connectivity index (χ1n) is 7.74. The molecule has 0 unspecified atom stereocenters. The van der Waals surface area contributed by atoms with Crippen LogP contribution in [0.5, 0.6) is 5.75 Å². The zero-order valence-corrected chi connectivity index (χ0v) is 17.8. The molecule has 0 N–H and O–H groups in total. The third-order valence-corrected chi connectivity index (χ3v) is 3.88. The van der Waals surface area contributed by atoms with Crippen LogP contribution >= 0.6 is 0 Å². The Labute approximate surface area is 193 Å². The third kappa shape index (κ3) is 4.72. The van der Waals surface area contributed by atoms with Crippen LogP contribution in [0.2, 0.25) is 0 Å². The monoisotopic (exact) mass is 373 g/mol. The van der Waals surface area contributed by atoms with Gasteiger partial charge in [-0.3, -0.25) is 9.36 Å². The van der Waals surface area contributed by atoms with Crippen molar-refractivity contribution in [1.82, 2.24) is 4.57 Å². The second-order valence-electron chi connectivity index (χ2n) is 5.54. The molecule has 3 rings (SSSR count). The van der Waals surface area contributed by atoms with Crippen molar-refractivity contribution in [3.8, 4) is 5.75 Å². The Hall–Kier alpha value is -1.70. The first-order chi connectivity index (χ1) is 12.1. The van der Waals surface area contributed by atoms with Gasteiger partial charge in [0.1, 0.15) is 5.75 Å². The van der Waals surface area contributed by atoms with Crippen LogP contribution in [0, 0.1) is 0 Å². The summed E-state index contributed by atoms with van der Waals surface area (Å²) in [7, 11) is 1.53. The first kappa shape index (κ1) is 20.6. The minimum absolute atomic E-state index is 0. The molecule has 5 nitrogen and oxygen atoms in total. The molecule has 1 aromatic heterocycles. The number of rotatable bonds is 5. The Morgan fingerprint density at radius 3 is 2.54 bits per heavy atom. The Balaban J connectivity index is 0.00000243. The maximum Gasteiger partial charge on any atom is 1.00 e. The zero-order valence-electron chi connectivity index (χ0n) is 14.6. The van der Waals surface area contributed by atoms with Gasteiger partial charge in [0.15, 0.2) is 0 Å². The van der Waals surface area contributed by atoms with Crippen LogP contribution in [-0.2, 0) is 11.2 Å². The van der Waals surface area contributed by atoms with E-state index in [1.807, 2.05) is 30.3 Å². The summed E-state index contributed by atoms with van der Waals surface area (Å²) in [6, 6.07) is 14.7. The van der Waals surface area contributed by atoms with Crippen molar-refractivity contribution >= 4 is 28.9 Å². The Kier molecular flexibility index (Phi) is 7.37. The topological polar surface area (TPSA) is 71.4 Å². The molecule has 0 fully saturated rings. The Morgan fingerprint density at radius 1 is 1.15 bits per heavy atom. The van der Waals surface area contributed by atoms with Gasteiger partial charge in [0.25, 0.3) is 5.91 Å². The van der Waals surface area contributed by atoms with Crippen LogP contribution in [0.1, 0.15) is 15.9 Å². The molecule has 0 aliphatic heterocycles. The summed E-state index contributed by atoms with van der Waals surface area (Å²) in [5, 5.41) is 11.7. The summed E-state index contributed by atoms with van der Waals surface area (Å²) >= 11 is 0. The van der Waals surface area contributed by atoms with Crippen molar-refractivity contribution in [1.29, 1.82) is 0 Å². The van der Waals surface area contributed by atoms with Crippen LogP contribution in [-0.4, -0.2) is 23.6 Å². The first-order valence-corrected chi connectivity index (χ1v) is 7.74. The van der Waals surface area contributed by atoms with Gasteiger partial charge in [-0.2, -0.15) is 0 Å². The number of benzene rings is 2. The summed E-state index contributed by atoms with van der Waals surface area (Å²) in [6.07, 6.45) is 4.45. The zero-order chi connectivity index (χ0) is 17.8. The fourth-order valence-corrected chi connectivity index (χ4v) is 2.69. The molecule has 0 bridgehead atoms. The molecule has 126 valence electrons. The summed E-state index contributed by atoms with van der Waals surface area (Å²) in [4.78, 5) is 23.6. The number of hydrogen-bond acceptors (Lipinski definition) is 4. The molecule has 1 heterocycles. The van der Waals surface area contributed by atoms with Gasteiger partial charge >= 0.3 is 51.4 Å². The average molecular weight is 373 g/mol. The summed E-state index contributed by atoms with van der Waals surface area (Å²) in [6.45, 7) is 0. The van der Waals surface area contributed by atoms with Crippen LogP contribution in [0.15, 0.2) is 60.8 Å².